The van der Waals surface area contributed by atoms with Crippen LogP contribution in [0.15, 0.2) is 24.3 Å². The summed E-state index contributed by atoms with van der Waals surface area (Å²) in [5, 5.41) is 2.90. The summed E-state index contributed by atoms with van der Waals surface area (Å²) in [5.74, 6) is 0.0948. The van der Waals surface area contributed by atoms with Crippen molar-refractivity contribution in [3.8, 4) is 0 Å². The minimum absolute atomic E-state index is 0.00184. The summed E-state index contributed by atoms with van der Waals surface area (Å²) in [6.07, 6.45) is 1.39. The van der Waals surface area contributed by atoms with E-state index in [1.807, 2.05) is 18.7 Å². The van der Waals surface area contributed by atoms with Crippen LogP contribution in [0, 0.1) is 0 Å². The van der Waals surface area contributed by atoms with E-state index in [2.05, 4.69) is 10.2 Å². The predicted octanol–water partition coefficient (Wildman–Crippen LogP) is 2.16. The maximum atomic E-state index is 12.5. The van der Waals surface area contributed by atoms with Crippen LogP contribution in [-0.2, 0) is 9.59 Å². The highest BCUT2D eigenvalue weighted by Crippen LogP contribution is 2.13. The molecule has 1 atom stereocenters. The van der Waals surface area contributed by atoms with E-state index in [4.69, 9.17) is 0 Å². The van der Waals surface area contributed by atoms with Gasteiger partial charge in [0.05, 0.1) is 6.04 Å². The van der Waals surface area contributed by atoms with Gasteiger partial charge < -0.3 is 10.2 Å². The number of anilines is 1. The zero-order valence-corrected chi connectivity index (χ0v) is 15.2. The van der Waals surface area contributed by atoms with E-state index in [0.717, 1.165) is 19.5 Å². The number of hydrogen-bond donors (Lipinski definition) is 1. The lowest BCUT2D eigenvalue weighted by molar-refractivity contribution is -0.130. The molecule has 25 heavy (non-hydrogen) atoms. The first-order chi connectivity index (χ1) is 11.9. The molecule has 0 aliphatic carbocycles. The maximum absolute atomic E-state index is 12.5. The monoisotopic (exact) mass is 345 g/mol. The van der Waals surface area contributed by atoms with Gasteiger partial charge >= 0.3 is 0 Å². The minimum atomic E-state index is -0.274. The number of nitrogens with one attached hydrogen (secondary N) is 1. The quantitative estimate of drug-likeness (QED) is 0.830. The lowest BCUT2D eigenvalue weighted by Gasteiger charge is -2.27. The average molecular weight is 345 g/mol. The number of hydrogen-bond acceptors (Lipinski definition) is 4. The highest BCUT2D eigenvalue weighted by Gasteiger charge is 2.25. The molecule has 0 bridgehead atoms. The minimum Gasteiger partial charge on any atom is -0.341 e. The Morgan fingerprint density at radius 2 is 1.76 bits per heavy atom. The van der Waals surface area contributed by atoms with Crippen molar-refractivity contribution in [3.63, 3.8) is 0 Å². The molecule has 1 unspecified atom stereocenters. The van der Waals surface area contributed by atoms with Crippen LogP contribution in [0.3, 0.4) is 0 Å². The standard InChI is InChI=1S/C19H27N3O3/c1-4-18(24)22-11-5-10-21(12-13-22)14(2)19(25)20-17-8-6-16(7-9-17)15(3)23/h6-9,14H,4-5,10-13H2,1-3H3,(H,20,25). The van der Waals surface area contributed by atoms with Crippen LogP contribution in [-0.4, -0.2) is 59.6 Å². The Bertz CT molecular complexity index is 627. The highest BCUT2D eigenvalue weighted by atomic mass is 16.2. The lowest BCUT2D eigenvalue weighted by Crippen LogP contribution is -2.44. The Hall–Kier alpha value is -2.21. The first-order valence-electron chi connectivity index (χ1n) is 8.86. The molecule has 1 saturated heterocycles. The van der Waals surface area contributed by atoms with Gasteiger partial charge in [-0.05, 0) is 44.5 Å². The fourth-order valence-corrected chi connectivity index (χ4v) is 3.00. The van der Waals surface area contributed by atoms with Crippen molar-refractivity contribution < 1.29 is 14.4 Å². The van der Waals surface area contributed by atoms with E-state index in [1.54, 1.807) is 24.3 Å². The lowest BCUT2D eigenvalue weighted by atomic mass is 10.1. The first kappa shape index (κ1) is 19.1. The second-order valence-electron chi connectivity index (χ2n) is 6.42. The smallest absolute Gasteiger partial charge is 0.241 e. The number of benzene rings is 1. The van der Waals surface area contributed by atoms with Crippen molar-refractivity contribution in [2.45, 2.75) is 39.7 Å². The third kappa shape index (κ3) is 5.13. The van der Waals surface area contributed by atoms with Crippen molar-refractivity contribution in [2.24, 2.45) is 0 Å². The Balaban J connectivity index is 1.92. The van der Waals surface area contributed by atoms with Crippen LogP contribution in [0.25, 0.3) is 0 Å². The molecule has 1 aromatic carbocycles. The van der Waals surface area contributed by atoms with Gasteiger partial charge in [-0.15, -0.1) is 0 Å². The molecule has 1 heterocycles. The number of carbonyl (C=O) groups is 3. The second kappa shape index (κ2) is 8.76. The normalized spacial score (nSPS) is 16.8. The summed E-state index contributed by atoms with van der Waals surface area (Å²) < 4.78 is 0. The third-order valence-corrected chi connectivity index (χ3v) is 4.67. The molecule has 6 nitrogen and oxygen atoms in total. The van der Waals surface area contributed by atoms with Crippen LogP contribution in [0.4, 0.5) is 5.69 Å². The van der Waals surface area contributed by atoms with Gasteiger partial charge in [0.2, 0.25) is 11.8 Å². The maximum Gasteiger partial charge on any atom is 0.241 e. The number of amides is 2. The summed E-state index contributed by atoms with van der Waals surface area (Å²) in [6.45, 7) is 8.19. The van der Waals surface area contributed by atoms with E-state index in [0.29, 0.717) is 30.8 Å². The van der Waals surface area contributed by atoms with Crippen molar-refractivity contribution in [1.82, 2.24) is 9.80 Å². The molecule has 0 radical (unpaired) electrons. The van der Waals surface area contributed by atoms with Crippen LogP contribution in [0.2, 0.25) is 0 Å². The second-order valence-corrected chi connectivity index (χ2v) is 6.42. The number of rotatable bonds is 5. The van der Waals surface area contributed by atoms with Crippen molar-refractivity contribution in [2.75, 3.05) is 31.5 Å². The Morgan fingerprint density at radius 3 is 2.36 bits per heavy atom. The third-order valence-electron chi connectivity index (χ3n) is 4.67. The number of carbonyl (C=O) groups excluding carboxylic acids is 3. The fraction of sp³-hybridized carbons (Fsp3) is 0.526. The molecule has 2 rings (SSSR count). The molecule has 1 aliphatic heterocycles. The molecule has 6 heteroatoms. The summed E-state index contributed by atoms with van der Waals surface area (Å²) in [5.41, 5.74) is 1.30. The molecular formula is C19H27N3O3. The molecule has 1 aromatic rings. The summed E-state index contributed by atoms with van der Waals surface area (Å²) in [6, 6.07) is 6.63. The molecule has 136 valence electrons. The van der Waals surface area contributed by atoms with Crippen LogP contribution in [0.1, 0.15) is 44.0 Å². The average Bonchev–Trinajstić information content (AvgIpc) is 2.87. The van der Waals surface area contributed by atoms with Gasteiger partial charge in [0, 0.05) is 43.9 Å². The molecule has 0 spiro atoms. The van der Waals surface area contributed by atoms with E-state index in [-0.39, 0.29) is 23.6 Å². The summed E-state index contributed by atoms with van der Waals surface area (Å²) >= 11 is 0. The topological polar surface area (TPSA) is 69.7 Å². The van der Waals surface area contributed by atoms with Gasteiger partial charge in [-0.1, -0.05) is 6.92 Å². The highest BCUT2D eigenvalue weighted by molar-refractivity contribution is 5.97. The van der Waals surface area contributed by atoms with Gasteiger partial charge in [0.1, 0.15) is 0 Å². The van der Waals surface area contributed by atoms with Crippen molar-refractivity contribution >= 4 is 23.3 Å². The summed E-state index contributed by atoms with van der Waals surface area (Å²) in [4.78, 5) is 39.7. The Morgan fingerprint density at radius 1 is 1.08 bits per heavy atom. The van der Waals surface area contributed by atoms with Gasteiger partial charge in [-0.25, -0.2) is 0 Å². The molecule has 0 saturated carbocycles. The van der Waals surface area contributed by atoms with E-state index in [1.165, 1.54) is 6.92 Å². The Labute approximate surface area is 149 Å². The first-order valence-corrected chi connectivity index (χ1v) is 8.86. The SMILES string of the molecule is CCC(=O)N1CCCN(C(C)C(=O)Nc2ccc(C(C)=O)cc2)CC1. The Kier molecular flexibility index (Phi) is 6.70. The number of ketones is 1. The van der Waals surface area contributed by atoms with Gasteiger partial charge in [0.25, 0.3) is 0 Å². The number of nitrogens with zero attached hydrogens (tertiary/aromatic N) is 2. The van der Waals surface area contributed by atoms with E-state index >= 15 is 0 Å². The molecule has 1 fully saturated rings. The molecule has 0 aromatic heterocycles. The van der Waals surface area contributed by atoms with Crippen LogP contribution in [0.5, 0.6) is 0 Å². The predicted molar refractivity (Wildman–Crippen MR) is 97.6 cm³/mol. The molecule has 1 aliphatic rings. The van der Waals surface area contributed by atoms with Crippen molar-refractivity contribution in [1.29, 1.82) is 0 Å². The molecular weight excluding hydrogens is 318 g/mol. The zero-order chi connectivity index (χ0) is 18.4. The van der Waals surface area contributed by atoms with E-state index in [9.17, 15) is 14.4 Å². The summed E-state index contributed by atoms with van der Waals surface area (Å²) in [7, 11) is 0. The van der Waals surface area contributed by atoms with E-state index < -0.39 is 0 Å². The van der Waals surface area contributed by atoms with Gasteiger partial charge in [0.15, 0.2) is 5.78 Å². The number of Topliss-reactive ketones (excluding diaryl/α,β-unsaturated/α-hetero) is 1. The zero-order valence-electron chi connectivity index (χ0n) is 15.2. The van der Waals surface area contributed by atoms with Crippen molar-refractivity contribution in [3.05, 3.63) is 29.8 Å². The molecule has 2 amide bonds. The molecule has 1 N–H and O–H groups in total. The van der Waals surface area contributed by atoms with Gasteiger partial charge in [-0.3, -0.25) is 19.3 Å². The van der Waals surface area contributed by atoms with Gasteiger partial charge in [-0.2, -0.15) is 0 Å². The fourth-order valence-electron chi connectivity index (χ4n) is 3.00. The van der Waals surface area contributed by atoms with Crippen LogP contribution >= 0.6 is 0 Å². The largest absolute Gasteiger partial charge is 0.341 e. The van der Waals surface area contributed by atoms with Crippen LogP contribution < -0.4 is 5.32 Å².